The lowest BCUT2D eigenvalue weighted by atomic mass is 9.92. The third-order valence-corrected chi connectivity index (χ3v) is 4.31. The monoisotopic (exact) mass is 319 g/mol. The second-order valence-electron chi connectivity index (χ2n) is 5.60. The Hall–Kier alpha value is -2.54. The molecule has 1 aromatic carbocycles. The van der Waals surface area contributed by atoms with Crippen molar-refractivity contribution in [3.8, 4) is 11.5 Å². The van der Waals surface area contributed by atoms with E-state index >= 15 is 0 Å². The third-order valence-electron chi connectivity index (χ3n) is 4.31. The average Bonchev–Trinajstić information content (AvgIpc) is 2.51. The molecular formula is C16H17NO6. The number of carboxylic acids is 1. The van der Waals surface area contributed by atoms with Gasteiger partial charge in [-0.25, -0.2) is 4.79 Å². The number of aliphatic hydroxyl groups is 1. The van der Waals surface area contributed by atoms with Crippen molar-refractivity contribution >= 4 is 16.9 Å². The first-order chi connectivity index (χ1) is 10.9. The highest BCUT2D eigenvalue weighted by Gasteiger charge is 2.32. The molecule has 23 heavy (non-hydrogen) atoms. The fraction of sp³-hybridized carbons (Fsp3) is 0.375. The fourth-order valence-corrected chi connectivity index (χ4v) is 3.23. The molecule has 1 aromatic heterocycles. The molecule has 2 aromatic rings. The number of hydrogen-bond donors (Lipinski definition) is 2. The van der Waals surface area contributed by atoms with E-state index in [4.69, 9.17) is 9.47 Å². The molecule has 0 radical (unpaired) electrons. The normalized spacial score (nSPS) is 19.7. The summed E-state index contributed by atoms with van der Waals surface area (Å²) >= 11 is 0. The van der Waals surface area contributed by atoms with Gasteiger partial charge in [-0.05, 0) is 13.3 Å². The summed E-state index contributed by atoms with van der Waals surface area (Å²) < 4.78 is 12.3. The van der Waals surface area contributed by atoms with Crippen LogP contribution in [-0.4, -0.2) is 35.0 Å². The molecule has 0 saturated carbocycles. The van der Waals surface area contributed by atoms with Gasteiger partial charge in [-0.1, -0.05) is 0 Å². The molecule has 0 bridgehead atoms. The molecule has 7 heteroatoms. The molecule has 0 spiro atoms. The van der Waals surface area contributed by atoms with Crippen LogP contribution in [0.15, 0.2) is 17.1 Å². The van der Waals surface area contributed by atoms with E-state index in [1.807, 2.05) is 6.92 Å². The van der Waals surface area contributed by atoms with Gasteiger partial charge in [-0.3, -0.25) is 4.79 Å². The smallest absolute Gasteiger partial charge is 0.341 e. The Morgan fingerprint density at radius 2 is 1.96 bits per heavy atom. The van der Waals surface area contributed by atoms with Crippen LogP contribution in [0.5, 0.6) is 11.5 Å². The quantitative estimate of drug-likeness (QED) is 0.894. The molecule has 2 unspecified atom stereocenters. The van der Waals surface area contributed by atoms with Crippen molar-refractivity contribution in [2.75, 3.05) is 14.2 Å². The predicted octanol–water partition coefficient (Wildman–Crippen LogP) is 1.71. The number of methoxy groups -OCH3 is 2. The number of nitrogens with zero attached hydrogens (tertiary/aromatic N) is 1. The second kappa shape index (κ2) is 5.27. The molecule has 122 valence electrons. The zero-order valence-electron chi connectivity index (χ0n) is 13.0. The summed E-state index contributed by atoms with van der Waals surface area (Å²) in [5, 5.41) is 19.9. The van der Waals surface area contributed by atoms with Crippen molar-refractivity contribution in [1.29, 1.82) is 0 Å². The molecule has 3 rings (SSSR count). The maximum Gasteiger partial charge on any atom is 0.341 e. The Morgan fingerprint density at radius 3 is 2.52 bits per heavy atom. The van der Waals surface area contributed by atoms with Gasteiger partial charge in [0.05, 0.1) is 31.2 Å². The molecule has 0 amide bonds. The Morgan fingerprint density at radius 1 is 1.30 bits per heavy atom. The number of aromatic nitrogens is 1. The van der Waals surface area contributed by atoms with Crippen molar-refractivity contribution in [3.63, 3.8) is 0 Å². The lowest BCUT2D eigenvalue weighted by Gasteiger charge is -2.31. The minimum Gasteiger partial charge on any atom is -0.496 e. The molecule has 7 nitrogen and oxygen atoms in total. The zero-order valence-corrected chi connectivity index (χ0v) is 13.0. The van der Waals surface area contributed by atoms with E-state index in [9.17, 15) is 19.8 Å². The molecule has 2 heterocycles. The van der Waals surface area contributed by atoms with Gasteiger partial charge in [-0.2, -0.15) is 0 Å². The van der Waals surface area contributed by atoms with Crippen LogP contribution in [0.1, 0.15) is 41.4 Å². The Kier molecular flexibility index (Phi) is 3.52. The predicted molar refractivity (Wildman–Crippen MR) is 82.6 cm³/mol. The molecular weight excluding hydrogens is 302 g/mol. The summed E-state index contributed by atoms with van der Waals surface area (Å²) in [6.45, 7) is 1.85. The number of ether oxygens (including phenoxy) is 2. The van der Waals surface area contributed by atoms with E-state index in [0.717, 1.165) is 0 Å². The SMILES string of the molecule is COc1cc(OC)c2c(=O)c(C(=O)O)cn3c2c1C(O)CC3C. The van der Waals surface area contributed by atoms with Crippen molar-refractivity contribution in [3.05, 3.63) is 33.6 Å². The molecule has 0 fully saturated rings. The number of aromatic carboxylic acids is 1. The Labute approximate surface area is 131 Å². The lowest BCUT2D eigenvalue weighted by Crippen LogP contribution is -2.26. The number of benzene rings is 1. The molecule has 0 saturated heterocycles. The fourth-order valence-electron chi connectivity index (χ4n) is 3.23. The summed E-state index contributed by atoms with van der Waals surface area (Å²) in [6.07, 6.45) is 0.919. The van der Waals surface area contributed by atoms with E-state index in [2.05, 4.69) is 0 Å². The van der Waals surface area contributed by atoms with Crippen LogP contribution in [0.2, 0.25) is 0 Å². The minimum absolute atomic E-state index is 0.147. The summed E-state index contributed by atoms with van der Waals surface area (Å²) in [5.41, 5.74) is -0.0150. The Bertz CT molecular complexity index is 869. The van der Waals surface area contributed by atoms with Gasteiger partial charge in [0.15, 0.2) is 0 Å². The lowest BCUT2D eigenvalue weighted by molar-refractivity contribution is 0.0694. The number of aliphatic hydroxyl groups excluding tert-OH is 1. The maximum absolute atomic E-state index is 12.6. The van der Waals surface area contributed by atoms with Crippen molar-refractivity contribution in [1.82, 2.24) is 4.57 Å². The van der Waals surface area contributed by atoms with E-state index in [-0.39, 0.29) is 22.7 Å². The molecule has 1 aliphatic rings. The van der Waals surface area contributed by atoms with Gasteiger partial charge in [-0.15, -0.1) is 0 Å². The van der Waals surface area contributed by atoms with Crippen LogP contribution < -0.4 is 14.9 Å². The highest BCUT2D eigenvalue weighted by Crippen LogP contribution is 2.44. The van der Waals surface area contributed by atoms with Gasteiger partial charge < -0.3 is 24.3 Å². The van der Waals surface area contributed by atoms with Crippen LogP contribution in [0, 0.1) is 0 Å². The van der Waals surface area contributed by atoms with Crippen LogP contribution >= 0.6 is 0 Å². The Balaban J connectivity index is 2.60. The summed E-state index contributed by atoms with van der Waals surface area (Å²) in [5.74, 6) is -0.660. The van der Waals surface area contributed by atoms with Crippen LogP contribution in [0.4, 0.5) is 0 Å². The average molecular weight is 319 g/mol. The van der Waals surface area contributed by atoms with Gasteiger partial charge in [0.25, 0.3) is 0 Å². The van der Waals surface area contributed by atoms with Crippen molar-refractivity contribution in [2.24, 2.45) is 0 Å². The van der Waals surface area contributed by atoms with Gasteiger partial charge in [0.2, 0.25) is 5.43 Å². The second-order valence-corrected chi connectivity index (χ2v) is 5.60. The first-order valence-corrected chi connectivity index (χ1v) is 7.15. The maximum atomic E-state index is 12.6. The van der Waals surface area contributed by atoms with E-state index < -0.39 is 17.5 Å². The van der Waals surface area contributed by atoms with E-state index in [1.165, 1.54) is 26.5 Å². The standard InChI is InChI=1S/C16H17NO6/c1-7-4-9(18)12-10(22-2)5-11(23-3)13-14(12)17(7)6-8(15(13)19)16(20)21/h5-7,9,18H,4H2,1-3H3,(H,20,21). The highest BCUT2D eigenvalue weighted by atomic mass is 16.5. The molecule has 1 aliphatic heterocycles. The van der Waals surface area contributed by atoms with Crippen LogP contribution in [-0.2, 0) is 0 Å². The number of carbonyl (C=O) groups is 1. The summed E-state index contributed by atoms with van der Waals surface area (Å²) in [4.78, 5) is 24.0. The van der Waals surface area contributed by atoms with Gasteiger partial charge >= 0.3 is 5.97 Å². The first kappa shape index (κ1) is 15.4. The van der Waals surface area contributed by atoms with E-state index in [1.54, 1.807) is 4.57 Å². The van der Waals surface area contributed by atoms with Gasteiger partial charge in [0, 0.05) is 23.9 Å². The topological polar surface area (TPSA) is 98.0 Å². The van der Waals surface area contributed by atoms with Crippen molar-refractivity contribution < 1.29 is 24.5 Å². The van der Waals surface area contributed by atoms with Crippen LogP contribution in [0.3, 0.4) is 0 Å². The zero-order chi connectivity index (χ0) is 16.9. The summed E-state index contributed by atoms with van der Waals surface area (Å²) in [6, 6.07) is 1.34. The van der Waals surface area contributed by atoms with Gasteiger partial charge in [0.1, 0.15) is 17.1 Å². The largest absolute Gasteiger partial charge is 0.496 e. The molecule has 2 N–H and O–H groups in total. The van der Waals surface area contributed by atoms with Crippen LogP contribution in [0.25, 0.3) is 10.9 Å². The third kappa shape index (κ3) is 2.08. The minimum atomic E-state index is -1.29. The highest BCUT2D eigenvalue weighted by molar-refractivity contribution is 5.97. The molecule has 0 aliphatic carbocycles. The number of hydrogen-bond acceptors (Lipinski definition) is 5. The molecule has 2 atom stereocenters. The van der Waals surface area contributed by atoms with Crippen molar-refractivity contribution in [2.45, 2.75) is 25.5 Å². The number of rotatable bonds is 3. The summed E-state index contributed by atoms with van der Waals surface area (Å²) in [7, 11) is 2.87. The number of pyridine rings is 1. The van der Waals surface area contributed by atoms with E-state index in [0.29, 0.717) is 23.3 Å². The number of carboxylic acid groups (broad SMARTS) is 1. The first-order valence-electron chi connectivity index (χ1n) is 7.15.